The van der Waals surface area contributed by atoms with Gasteiger partial charge in [0.2, 0.25) is 0 Å². The van der Waals surface area contributed by atoms with Crippen LogP contribution in [0.4, 0.5) is 0 Å². The van der Waals surface area contributed by atoms with Crippen LogP contribution >= 0.6 is 0 Å². The smallest absolute Gasteiger partial charge is 0.143 e. The van der Waals surface area contributed by atoms with E-state index in [0.717, 1.165) is 27.3 Å². The number of fused-ring (bicyclic) bond motifs is 11. The number of rotatable bonds is 1. The molecule has 0 amide bonds. The third-order valence-electron chi connectivity index (χ3n) is 9.16. The molecule has 0 aliphatic rings. The molecule has 0 bridgehead atoms. The van der Waals surface area contributed by atoms with E-state index in [0.29, 0.717) is 0 Å². The van der Waals surface area contributed by atoms with Gasteiger partial charge in [-0.3, -0.25) is 0 Å². The molecule has 9 aromatic carbocycles. The first-order valence-electron chi connectivity index (χ1n) is 14.2. The molecule has 0 atom stereocenters. The van der Waals surface area contributed by atoms with Gasteiger partial charge >= 0.3 is 0 Å². The van der Waals surface area contributed by atoms with Gasteiger partial charge in [-0.15, -0.1) is 0 Å². The van der Waals surface area contributed by atoms with E-state index in [-0.39, 0.29) is 0 Å². The van der Waals surface area contributed by atoms with E-state index < -0.39 is 0 Å². The number of benzene rings is 9. The van der Waals surface area contributed by atoms with Crippen LogP contribution in [0.5, 0.6) is 0 Å². The molecule has 0 fully saturated rings. The highest BCUT2D eigenvalue weighted by molar-refractivity contribution is 6.40. The molecule has 0 spiro atoms. The van der Waals surface area contributed by atoms with E-state index in [9.17, 15) is 0 Å². The fourth-order valence-corrected chi connectivity index (χ4v) is 7.36. The quantitative estimate of drug-likeness (QED) is 0.156. The molecule has 188 valence electrons. The second-order valence-corrected chi connectivity index (χ2v) is 11.2. The van der Waals surface area contributed by atoms with Crippen LogP contribution in [-0.4, -0.2) is 0 Å². The summed E-state index contributed by atoms with van der Waals surface area (Å²) in [7, 11) is 0. The minimum atomic E-state index is 0.925. The zero-order chi connectivity index (χ0) is 26.7. The third-order valence-corrected chi connectivity index (χ3v) is 9.16. The van der Waals surface area contributed by atoms with Crippen molar-refractivity contribution in [2.75, 3.05) is 0 Å². The Morgan fingerprint density at radius 3 is 1.54 bits per heavy atom. The van der Waals surface area contributed by atoms with Gasteiger partial charge in [0, 0.05) is 16.2 Å². The van der Waals surface area contributed by atoms with Gasteiger partial charge in [-0.1, -0.05) is 103 Å². The van der Waals surface area contributed by atoms with Crippen LogP contribution in [0.15, 0.2) is 138 Å². The average molecular weight is 519 g/mol. The standard InChI is InChI=1S/C40H22O/c1-2-9-26-23(8-1)16-18-33-34-20-24(17-19-37(34)41-40(26)33)25-21-35-29-12-5-3-10-27(29)31-14-7-15-32-28-11-4-6-13-30(28)36(22-25)39(35)38(31)32/h1-22H. The minimum Gasteiger partial charge on any atom is -0.455 e. The summed E-state index contributed by atoms with van der Waals surface area (Å²) in [4.78, 5) is 0. The molecule has 0 aliphatic heterocycles. The Bertz CT molecular complexity index is 2590. The summed E-state index contributed by atoms with van der Waals surface area (Å²) >= 11 is 0. The third kappa shape index (κ3) is 2.75. The lowest BCUT2D eigenvalue weighted by Gasteiger charge is -2.18. The summed E-state index contributed by atoms with van der Waals surface area (Å²) in [6.07, 6.45) is 0. The van der Waals surface area contributed by atoms with Crippen LogP contribution < -0.4 is 0 Å². The first-order chi connectivity index (χ1) is 20.3. The first-order valence-corrected chi connectivity index (χ1v) is 14.2. The maximum atomic E-state index is 6.43. The van der Waals surface area contributed by atoms with Crippen molar-refractivity contribution >= 4 is 86.6 Å². The average Bonchev–Trinajstić information content (AvgIpc) is 3.43. The molecular weight excluding hydrogens is 496 g/mol. The Balaban J connectivity index is 1.36. The van der Waals surface area contributed by atoms with Crippen LogP contribution in [0.25, 0.3) is 97.7 Å². The lowest BCUT2D eigenvalue weighted by molar-refractivity contribution is 0.672. The normalized spacial score (nSPS) is 12.4. The summed E-state index contributed by atoms with van der Waals surface area (Å²) < 4.78 is 6.43. The monoisotopic (exact) mass is 518 g/mol. The molecule has 0 radical (unpaired) electrons. The van der Waals surface area contributed by atoms with Gasteiger partial charge in [-0.2, -0.15) is 0 Å². The predicted octanol–water partition coefficient (Wildman–Crippen LogP) is 11.6. The summed E-state index contributed by atoms with van der Waals surface area (Å²) in [5.41, 5.74) is 4.31. The van der Waals surface area contributed by atoms with Crippen LogP contribution in [0.3, 0.4) is 0 Å². The summed E-state index contributed by atoms with van der Waals surface area (Å²) in [5.74, 6) is 0. The Labute approximate surface area is 235 Å². The van der Waals surface area contributed by atoms with Crippen molar-refractivity contribution in [3.8, 4) is 11.1 Å². The lowest BCUT2D eigenvalue weighted by atomic mass is 9.84. The van der Waals surface area contributed by atoms with Crippen molar-refractivity contribution in [2.45, 2.75) is 0 Å². The molecule has 0 unspecified atom stereocenters. The van der Waals surface area contributed by atoms with Gasteiger partial charge < -0.3 is 4.42 Å². The number of hydrogen-bond donors (Lipinski definition) is 0. The summed E-state index contributed by atoms with van der Waals surface area (Å²) in [6, 6.07) is 48.9. The van der Waals surface area contributed by atoms with Crippen LogP contribution in [0, 0.1) is 0 Å². The topological polar surface area (TPSA) is 13.1 Å². The van der Waals surface area contributed by atoms with E-state index in [1.807, 2.05) is 0 Å². The fourth-order valence-electron chi connectivity index (χ4n) is 7.36. The molecular formula is C40H22O. The zero-order valence-corrected chi connectivity index (χ0v) is 22.1. The first kappa shape index (κ1) is 21.4. The largest absolute Gasteiger partial charge is 0.455 e. The second-order valence-electron chi connectivity index (χ2n) is 11.2. The molecule has 41 heavy (non-hydrogen) atoms. The molecule has 10 rings (SSSR count). The highest BCUT2D eigenvalue weighted by Gasteiger charge is 2.18. The molecule has 10 aromatic rings. The maximum absolute atomic E-state index is 6.43. The van der Waals surface area contributed by atoms with Crippen LogP contribution in [0.1, 0.15) is 0 Å². The summed E-state index contributed by atoms with van der Waals surface area (Å²) in [5, 5.41) is 17.9. The van der Waals surface area contributed by atoms with Crippen LogP contribution in [-0.2, 0) is 0 Å². The fraction of sp³-hybridized carbons (Fsp3) is 0. The Morgan fingerprint density at radius 2 is 0.854 bits per heavy atom. The molecule has 0 N–H and O–H groups in total. The summed E-state index contributed by atoms with van der Waals surface area (Å²) in [6.45, 7) is 0. The van der Waals surface area contributed by atoms with Crippen molar-refractivity contribution in [2.24, 2.45) is 0 Å². The highest BCUT2D eigenvalue weighted by Crippen LogP contribution is 2.46. The lowest BCUT2D eigenvalue weighted by Crippen LogP contribution is -1.90. The highest BCUT2D eigenvalue weighted by atomic mass is 16.3. The van der Waals surface area contributed by atoms with Crippen molar-refractivity contribution < 1.29 is 4.42 Å². The van der Waals surface area contributed by atoms with Gasteiger partial charge in [0.15, 0.2) is 0 Å². The maximum Gasteiger partial charge on any atom is 0.143 e. The van der Waals surface area contributed by atoms with E-state index in [1.165, 1.54) is 70.4 Å². The van der Waals surface area contributed by atoms with Crippen molar-refractivity contribution in [3.63, 3.8) is 0 Å². The molecule has 0 saturated carbocycles. The number of hydrogen-bond acceptors (Lipinski definition) is 1. The Kier molecular flexibility index (Phi) is 3.98. The molecule has 1 nitrogen and oxygen atoms in total. The molecule has 0 saturated heterocycles. The van der Waals surface area contributed by atoms with Gasteiger partial charge in [0.25, 0.3) is 0 Å². The van der Waals surface area contributed by atoms with Crippen molar-refractivity contribution in [1.82, 2.24) is 0 Å². The minimum absolute atomic E-state index is 0.925. The van der Waals surface area contributed by atoms with E-state index in [4.69, 9.17) is 4.42 Å². The molecule has 0 aliphatic carbocycles. The van der Waals surface area contributed by atoms with Gasteiger partial charge in [0.1, 0.15) is 11.2 Å². The second kappa shape index (κ2) is 7.62. The predicted molar refractivity (Wildman–Crippen MR) is 175 cm³/mol. The molecule has 1 aromatic heterocycles. The van der Waals surface area contributed by atoms with Crippen LogP contribution in [0.2, 0.25) is 0 Å². The van der Waals surface area contributed by atoms with Crippen molar-refractivity contribution in [1.29, 1.82) is 0 Å². The van der Waals surface area contributed by atoms with Gasteiger partial charge in [-0.05, 0) is 101 Å². The molecule has 1 heteroatoms. The van der Waals surface area contributed by atoms with Crippen molar-refractivity contribution in [3.05, 3.63) is 133 Å². The zero-order valence-electron chi connectivity index (χ0n) is 22.1. The number of furan rings is 1. The SMILES string of the molecule is c1ccc2c(c1)ccc1c3cc(-c4cc5c6ccccc6c6cccc7c8ccccc8c(c4)c5c67)ccc3oc21. The van der Waals surface area contributed by atoms with E-state index in [1.54, 1.807) is 0 Å². The van der Waals surface area contributed by atoms with Gasteiger partial charge in [0.05, 0.1) is 0 Å². The Hall–Kier alpha value is -5.40. The van der Waals surface area contributed by atoms with E-state index in [2.05, 4.69) is 133 Å². The molecule has 1 heterocycles. The Morgan fingerprint density at radius 1 is 0.317 bits per heavy atom. The van der Waals surface area contributed by atoms with E-state index >= 15 is 0 Å². The van der Waals surface area contributed by atoms with Gasteiger partial charge in [-0.25, -0.2) is 0 Å².